The second-order valence-corrected chi connectivity index (χ2v) is 6.52. The minimum atomic E-state index is -0.395. The molecular formula is C17H22N6O2. The Balaban J connectivity index is 1.40. The highest BCUT2D eigenvalue weighted by atomic mass is 16.5. The van der Waals surface area contributed by atoms with Gasteiger partial charge in [-0.15, -0.1) is 0 Å². The third-order valence-corrected chi connectivity index (χ3v) is 4.74. The minimum Gasteiger partial charge on any atom is -0.394 e. The fourth-order valence-electron chi connectivity index (χ4n) is 3.26. The number of guanidine groups is 1. The highest BCUT2D eigenvalue weighted by molar-refractivity contribution is 5.83. The molecule has 1 saturated heterocycles. The molecule has 3 heterocycles. The Morgan fingerprint density at radius 3 is 2.92 bits per heavy atom. The molecule has 1 aromatic heterocycles. The number of aromatic nitrogens is 3. The third kappa shape index (κ3) is 2.98. The van der Waals surface area contributed by atoms with Crippen LogP contribution in [-0.4, -0.2) is 69.6 Å². The van der Waals surface area contributed by atoms with E-state index in [1.165, 1.54) is 0 Å². The molecule has 2 aliphatic rings. The Kier molecular flexibility index (Phi) is 4.14. The van der Waals surface area contributed by atoms with Gasteiger partial charge in [0, 0.05) is 18.7 Å². The Morgan fingerprint density at radius 1 is 1.36 bits per heavy atom. The van der Waals surface area contributed by atoms with Crippen LogP contribution in [0, 0.1) is 6.92 Å². The lowest BCUT2D eigenvalue weighted by Crippen LogP contribution is -2.61. The van der Waals surface area contributed by atoms with Crippen molar-refractivity contribution in [2.24, 2.45) is 4.99 Å². The molecule has 8 nitrogen and oxygen atoms in total. The molecule has 0 aliphatic carbocycles. The molecule has 0 saturated carbocycles. The van der Waals surface area contributed by atoms with Gasteiger partial charge in [0.05, 0.1) is 26.4 Å². The monoisotopic (exact) mass is 342 g/mol. The summed E-state index contributed by atoms with van der Waals surface area (Å²) in [6, 6.07) is 8.15. The van der Waals surface area contributed by atoms with Gasteiger partial charge in [0.25, 0.3) is 0 Å². The number of morpholine rings is 1. The van der Waals surface area contributed by atoms with Crippen LogP contribution in [0.1, 0.15) is 11.4 Å². The topological polar surface area (TPSA) is 98.7 Å². The smallest absolute Gasteiger partial charge is 0.195 e. The lowest BCUT2D eigenvalue weighted by molar-refractivity contribution is -0.0467. The molecule has 1 aromatic carbocycles. The van der Waals surface area contributed by atoms with Crippen molar-refractivity contribution in [1.82, 2.24) is 25.4 Å². The fraction of sp³-hybridized carbons (Fsp3) is 0.471. The van der Waals surface area contributed by atoms with E-state index in [1.54, 1.807) is 0 Å². The lowest BCUT2D eigenvalue weighted by Gasteiger charge is -2.41. The third-order valence-electron chi connectivity index (χ3n) is 4.74. The number of H-pyrrole nitrogens is 1. The number of fused-ring (bicyclic) bond motifs is 1. The van der Waals surface area contributed by atoms with Crippen LogP contribution in [-0.2, 0) is 11.3 Å². The maximum Gasteiger partial charge on any atom is 0.195 e. The normalized spacial score (nSPS) is 22.6. The molecule has 132 valence electrons. The SMILES string of the molecule is Cc1nc(-c2ccc(CNC3=NCC4(CO)COCCN34)cc2)n[nH]1. The molecule has 0 amide bonds. The van der Waals surface area contributed by atoms with Crippen molar-refractivity contribution in [1.29, 1.82) is 0 Å². The first-order valence-electron chi connectivity index (χ1n) is 8.43. The molecule has 2 aromatic rings. The van der Waals surface area contributed by atoms with Crippen LogP contribution in [0.15, 0.2) is 29.3 Å². The maximum absolute atomic E-state index is 9.76. The molecule has 0 bridgehead atoms. The highest BCUT2D eigenvalue weighted by Crippen LogP contribution is 2.25. The van der Waals surface area contributed by atoms with E-state index >= 15 is 0 Å². The number of ether oxygens (including phenoxy) is 1. The Morgan fingerprint density at radius 2 is 2.20 bits per heavy atom. The minimum absolute atomic E-state index is 0.0481. The van der Waals surface area contributed by atoms with Gasteiger partial charge in [0.15, 0.2) is 11.8 Å². The Labute approximate surface area is 145 Å². The van der Waals surface area contributed by atoms with Crippen molar-refractivity contribution >= 4 is 5.96 Å². The van der Waals surface area contributed by atoms with Crippen LogP contribution in [0.25, 0.3) is 11.4 Å². The molecule has 8 heteroatoms. The van der Waals surface area contributed by atoms with Crippen molar-refractivity contribution in [2.75, 3.05) is 32.9 Å². The van der Waals surface area contributed by atoms with E-state index in [0.29, 0.717) is 32.1 Å². The molecule has 0 radical (unpaired) electrons. The van der Waals surface area contributed by atoms with E-state index in [0.717, 1.165) is 29.5 Å². The van der Waals surface area contributed by atoms with Gasteiger partial charge < -0.3 is 20.1 Å². The number of nitrogens with one attached hydrogen (secondary N) is 2. The van der Waals surface area contributed by atoms with Crippen molar-refractivity contribution in [3.05, 3.63) is 35.7 Å². The van der Waals surface area contributed by atoms with Gasteiger partial charge in [-0.1, -0.05) is 24.3 Å². The van der Waals surface area contributed by atoms with Crippen LogP contribution in [0.2, 0.25) is 0 Å². The number of aryl methyl sites for hydroxylation is 1. The lowest BCUT2D eigenvalue weighted by atomic mass is 10.00. The van der Waals surface area contributed by atoms with E-state index in [1.807, 2.05) is 19.1 Å². The van der Waals surface area contributed by atoms with Crippen molar-refractivity contribution in [2.45, 2.75) is 19.0 Å². The predicted octanol–water partition coefficient (Wildman–Crippen LogP) is 0.303. The number of aromatic amines is 1. The van der Waals surface area contributed by atoms with Gasteiger partial charge in [-0.25, -0.2) is 4.98 Å². The van der Waals surface area contributed by atoms with Gasteiger partial charge in [-0.2, -0.15) is 5.10 Å². The second-order valence-electron chi connectivity index (χ2n) is 6.52. The zero-order chi connectivity index (χ0) is 17.3. The number of aliphatic imine (C=N–C) groups is 1. The van der Waals surface area contributed by atoms with E-state index in [9.17, 15) is 5.11 Å². The second kappa shape index (κ2) is 6.45. The Hall–Kier alpha value is -2.45. The molecule has 1 atom stereocenters. The summed E-state index contributed by atoms with van der Waals surface area (Å²) in [4.78, 5) is 11.1. The van der Waals surface area contributed by atoms with Crippen molar-refractivity contribution < 1.29 is 9.84 Å². The summed E-state index contributed by atoms with van der Waals surface area (Å²) in [6.45, 7) is 5.09. The summed E-state index contributed by atoms with van der Waals surface area (Å²) in [5.74, 6) is 2.35. The van der Waals surface area contributed by atoms with Gasteiger partial charge in [0.1, 0.15) is 11.4 Å². The summed E-state index contributed by atoms with van der Waals surface area (Å²) in [6.07, 6.45) is 0. The number of aliphatic hydroxyl groups excluding tert-OH is 1. The zero-order valence-corrected chi connectivity index (χ0v) is 14.2. The average Bonchev–Trinajstić information content (AvgIpc) is 3.25. The number of hydrogen-bond donors (Lipinski definition) is 3. The molecule has 2 aliphatic heterocycles. The maximum atomic E-state index is 9.76. The van der Waals surface area contributed by atoms with Crippen LogP contribution in [0.4, 0.5) is 0 Å². The van der Waals surface area contributed by atoms with Crippen LogP contribution in [0.5, 0.6) is 0 Å². The average molecular weight is 342 g/mol. The summed E-state index contributed by atoms with van der Waals surface area (Å²) in [5.41, 5.74) is 1.74. The number of nitrogens with zero attached hydrogens (tertiary/aromatic N) is 4. The molecule has 0 spiro atoms. The van der Waals surface area contributed by atoms with E-state index in [4.69, 9.17) is 4.74 Å². The number of hydrogen-bond acceptors (Lipinski definition) is 7. The van der Waals surface area contributed by atoms with Crippen LogP contribution >= 0.6 is 0 Å². The molecule has 4 rings (SSSR count). The predicted molar refractivity (Wildman–Crippen MR) is 93.0 cm³/mol. The molecule has 25 heavy (non-hydrogen) atoms. The van der Waals surface area contributed by atoms with Gasteiger partial charge >= 0.3 is 0 Å². The summed E-state index contributed by atoms with van der Waals surface area (Å²) < 4.78 is 5.53. The van der Waals surface area contributed by atoms with E-state index < -0.39 is 5.54 Å². The standard InChI is InChI=1S/C17H22N6O2/c1-12-20-15(22-21-12)14-4-2-13(3-5-14)8-18-16-19-9-17(10-24)11-25-7-6-23(16)17/h2-5,24H,6-11H2,1H3,(H,18,19)(H,20,21,22). The van der Waals surface area contributed by atoms with Gasteiger partial charge in [-0.05, 0) is 12.5 Å². The summed E-state index contributed by atoms with van der Waals surface area (Å²) in [7, 11) is 0. The molecular weight excluding hydrogens is 320 g/mol. The van der Waals surface area contributed by atoms with Crippen LogP contribution < -0.4 is 5.32 Å². The Bertz CT molecular complexity index is 772. The van der Waals surface area contributed by atoms with Gasteiger partial charge in [0.2, 0.25) is 0 Å². The fourth-order valence-corrected chi connectivity index (χ4v) is 3.26. The van der Waals surface area contributed by atoms with E-state index in [2.05, 4.69) is 42.5 Å². The first kappa shape index (κ1) is 16.0. The van der Waals surface area contributed by atoms with E-state index in [-0.39, 0.29) is 6.61 Å². The van der Waals surface area contributed by atoms with Gasteiger partial charge in [-0.3, -0.25) is 10.1 Å². The quantitative estimate of drug-likeness (QED) is 0.739. The molecule has 1 fully saturated rings. The number of aliphatic hydroxyl groups is 1. The zero-order valence-electron chi connectivity index (χ0n) is 14.2. The first-order chi connectivity index (χ1) is 12.2. The van der Waals surface area contributed by atoms with Crippen LogP contribution in [0.3, 0.4) is 0 Å². The summed E-state index contributed by atoms with van der Waals surface area (Å²) in [5, 5.41) is 20.2. The first-order valence-corrected chi connectivity index (χ1v) is 8.43. The largest absolute Gasteiger partial charge is 0.394 e. The molecule has 3 N–H and O–H groups in total. The van der Waals surface area contributed by atoms with Crippen molar-refractivity contribution in [3.63, 3.8) is 0 Å². The van der Waals surface area contributed by atoms with Crippen molar-refractivity contribution in [3.8, 4) is 11.4 Å². The summed E-state index contributed by atoms with van der Waals surface area (Å²) >= 11 is 0. The number of rotatable bonds is 4. The highest BCUT2D eigenvalue weighted by Gasteiger charge is 2.44. The number of benzene rings is 1. The molecule has 1 unspecified atom stereocenters.